The molecule has 0 radical (unpaired) electrons. The monoisotopic (exact) mass is 347 g/mol. The number of hydrogen-bond acceptors (Lipinski definition) is 3. The van der Waals surface area contributed by atoms with Gasteiger partial charge in [0.1, 0.15) is 0 Å². The zero-order valence-corrected chi connectivity index (χ0v) is 15.0. The molecule has 0 aliphatic rings. The summed E-state index contributed by atoms with van der Waals surface area (Å²) in [5.74, 6) is -0.493. The summed E-state index contributed by atoms with van der Waals surface area (Å²) in [4.78, 5) is 29.3. The number of nitrogens with one attached hydrogen (secondary N) is 2. The van der Waals surface area contributed by atoms with Crippen LogP contribution in [0.4, 0.5) is 5.69 Å². The number of hydrogen-bond donors (Lipinski definition) is 2. The molecule has 0 spiro atoms. The number of pyridine rings is 1. The molecule has 3 aromatic rings. The average molecular weight is 347 g/mol. The molecule has 0 saturated heterocycles. The molecule has 2 aromatic carbocycles. The van der Waals surface area contributed by atoms with Gasteiger partial charge in [-0.05, 0) is 51.1 Å². The Kier molecular flexibility index (Phi) is 4.71. The smallest absolute Gasteiger partial charge is 0.255 e. The molecule has 3 rings (SSSR count). The van der Waals surface area contributed by atoms with E-state index < -0.39 is 0 Å². The lowest BCUT2D eigenvalue weighted by Crippen LogP contribution is -2.40. The van der Waals surface area contributed by atoms with E-state index in [-0.39, 0.29) is 17.4 Å². The van der Waals surface area contributed by atoms with E-state index in [1.807, 2.05) is 51.1 Å². The second-order valence-electron chi connectivity index (χ2n) is 7.12. The SMILES string of the molecule is CC(C)(C)NC(=O)c1cccc(C(=O)Nc2cccc3cccnc23)c1. The van der Waals surface area contributed by atoms with Crippen LogP contribution in [0.5, 0.6) is 0 Å². The number of benzene rings is 2. The third-order valence-electron chi connectivity index (χ3n) is 3.76. The van der Waals surface area contributed by atoms with Crippen molar-refractivity contribution in [3.05, 3.63) is 71.9 Å². The van der Waals surface area contributed by atoms with Crippen LogP contribution in [0.15, 0.2) is 60.8 Å². The highest BCUT2D eigenvalue weighted by atomic mass is 16.2. The molecule has 0 unspecified atom stereocenters. The van der Waals surface area contributed by atoms with E-state index >= 15 is 0 Å². The van der Waals surface area contributed by atoms with Crippen LogP contribution in [0, 0.1) is 0 Å². The van der Waals surface area contributed by atoms with Crippen LogP contribution in [-0.4, -0.2) is 22.3 Å². The summed E-state index contributed by atoms with van der Waals surface area (Å²) in [6.45, 7) is 5.74. The summed E-state index contributed by atoms with van der Waals surface area (Å²) in [5.41, 5.74) is 1.88. The zero-order valence-electron chi connectivity index (χ0n) is 15.0. The largest absolute Gasteiger partial charge is 0.347 e. The summed E-state index contributed by atoms with van der Waals surface area (Å²) in [7, 11) is 0. The Labute approximate surface area is 152 Å². The number of nitrogens with zero attached hydrogens (tertiary/aromatic N) is 1. The van der Waals surface area contributed by atoms with Gasteiger partial charge in [-0.3, -0.25) is 14.6 Å². The molecule has 0 atom stereocenters. The van der Waals surface area contributed by atoms with Gasteiger partial charge in [0.2, 0.25) is 0 Å². The van der Waals surface area contributed by atoms with Gasteiger partial charge in [0.15, 0.2) is 0 Å². The van der Waals surface area contributed by atoms with E-state index in [4.69, 9.17) is 0 Å². The molecule has 132 valence electrons. The highest BCUT2D eigenvalue weighted by Crippen LogP contribution is 2.21. The van der Waals surface area contributed by atoms with Crippen molar-refractivity contribution in [3.63, 3.8) is 0 Å². The van der Waals surface area contributed by atoms with Gasteiger partial charge < -0.3 is 10.6 Å². The van der Waals surface area contributed by atoms with Crippen LogP contribution in [0.2, 0.25) is 0 Å². The predicted octanol–water partition coefficient (Wildman–Crippen LogP) is 4.02. The minimum Gasteiger partial charge on any atom is -0.347 e. The lowest BCUT2D eigenvalue weighted by Gasteiger charge is -2.20. The Morgan fingerprint density at radius 2 is 1.54 bits per heavy atom. The van der Waals surface area contributed by atoms with E-state index in [0.29, 0.717) is 16.8 Å². The molecule has 26 heavy (non-hydrogen) atoms. The standard InChI is InChI=1S/C21H21N3O2/c1-21(2,3)24-20(26)16-9-4-8-15(13-16)19(25)23-17-11-5-7-14-10-6-12-22-18(14)17/h4-13H,1-3H3,(H,23,25)(H,24,26). The van der Waals surface area contributed by atoms with Crippen LogP contribution in [0.3, 0.4) is 0 Å². The second-order valence-corrected chi connectivity index (χ2v) is 7.12. The Hall–Kier alpha value is -3.21. The van der Waals surface area contributed by atoms with Crippen LogP contribution >= 0.6 is 0 Å². The molecule has 2 amide bonds. The third-order valence-corrected chi connectivity index (χ3v) is 3.76. The van der Waals surface area contributed by atoms with Gasteiger partial charge in [-0.15, -0.1) is 0 Å². The third kappa shape index (κ3) is 4.06. The first-order valence-electron chi connectivity index (χ1n) is 8.41. The van der Waals surface area contributed by atoms with Gasteiger partial charge in [-0.1, -0.05) is 24.3 Å². The molecule has 0 aliphatic carbocycles. The van der Waals surface area contributed by atoms with Crippen molar-refractivity contribution in [2.75, 3.05) is 5.32 Å². The Morgan fingerprint density at radius 1 is 0.885 bits per heavy atom. The summed E-state index contributed by atoms with van der Waals surface area (Å²) in [6.07, 6.45) is 1.69. The number of amides is 2. The molecule has 0 saturated carbocycles. The number of anilines is 1. The lowest BCUT2D eigenvalue weighted by molar-refractivity contribution is 0.0919. The van der Waals surface area contributed by atoms with Crippen LogP contribution in [0.25, 0.3) is 10.9 Å². The fraction of sp³-hybridized carbons (Fsp3) is 0.190. The Bertz CT molecular complexity index is 969. The topological polar surface area (TPSA) is 71.1 Å². The van der Waals surface area contributed by atoms with Crippen molar-refractivity contribution in [2.24, 2.45) is 0 Å². The maximum absolute atomic E-state index is 12.6. The first kappa shape index (κ1) is 17.6. The summed E-state index contributed by atoms with van der Waals surface area (Å²) in [5, 5.41) is 6.73. The molecule has 1 aromatic heterocycles. The first-order chi connectivity index (χ1) is 12.3. The number of para-hydroxylation sites is 1. The number of rotatable bonds is 3. The molecule has 0 aliphatic heterocycles. The van der Waals surface area contributed by atoms with E-state index in [9.17, 15) is 9.59 Å². The van der Waals surface area contributed by atoms with Crippen LogP contribution < -0.4 is 10.6 Å². The maximum atomic E-state index is 12.6. The Morgan fingerprint density at radius 3 is 2.27 bits per heavy atom. The molecule has 2 N–H and O–H groups in total. The summed E-state index contributed by atoms with van der Waals surface area (Å²) in [6, 6.07) is 16.1. The molecule has 5 heteroatoms. The quantitative estimate of drug-likeness (QED) is 0.752. The van der Waals surface area contributed by atoms with E-state index in [0.717, 1.165) is 10.9 Å². The maximum Gasteiger partial charge on any atom is 0.255 e. The van der Waals surface area contributed by atoms with Crippen molar-refractivity contribution in [1.82, 2.24) is 10.3 Å². The number of carbonyl (C=O) groups is 2. The molecule has 0 fully saturated rings. The minimum absolute atomic E-state index is 0.209. The number of aromatic nitrogens is 1. The van der Waals surface area contributed by atoms with Gasteiger partial charge in [0.05, 0.1) is 11.2 Å². The van der Waals surface area contributed by atoms with Crippen molar-refractivity contribution < 1.29 is 9.59 Å². The van der Waals surface area contributed by atoms with Gasteiger partial charge in [0.25, 0.3) is 11.8 Å². The molecule has 5 nitrogen and oxygen atoms in total. The Balaban J connectivity index is 1.84. The van der Waals surface area contributed by atoms with Gasteiger partial charge >= 0.3 is 0 Å². The second kappa shape index (κ2) is 6.96. The van der Waals surface area contributed by atoms with Crippen molar-refractivity contribution in [2.45, 2.75) is 26.3 Å². The minimum atomic E-state index is -0.343. The summed E-state index contributed by atoms with van der Waals surface area (Å²) >= 11 is 0. The molecule has 0 bridgehead atoms. The number of carbonyl (C=O) groups excluding carboxylic acids is 2. The fourth-order valence-corrected chi connectivity index (χ4v) is 2.61. The highest BCUT2D eigenvalue weighted by Gasteiger charge is 2.17. The van der Waals surface area contributed by atoms with Crippen molar-refractivity contribution >= 4 is 28.4 Å². The van der Waals surface area contributed by atoms with Crippen LogP contribution in [-0.2, 0) is 0 Å². The molecular formula is C21H21N3O2. The normalized spacial score (nSPS) is 11.2. The fourth-order valence-electron chi connectivity index (χ4n) is 2.61. The summed E-state index contributed by atoms with van der Waals surface area (Å²) < 4.78 is 0. The first-order valence-corrected chi connectivity index (χ1v) is 8.41. The van der Waals surface area contributed by atoms with Gasteiger partial charge in [0, 0.05) is 28.2 Å². The van der Waals surface area contributed by atoms with E-state index in [1.54, 1.807) is 30.5 Å². The average Bonchev–Trinajstić information content (AvgIpc) is 2.61. The molecule has 1 heterocycles. The van der Waals surface area contributed by atoms with E-state index in [2.05, 4.69) is 15.6 Å². The highest BCUT2D eigenvalue weighted by molar-refractivity contribution is 6.09. The van der Waals surface area contributed by atoms with E-state index in [1.165, 1.54) is 0 Å². The lowest BCUT2D eigenvalue weighted by atomic mass is 10.1. The number of fused-ring (bicyclic) bond motifs is 1. The van der Waals surface area contributed by atoms with Gasteiger partial charge in [-0.2, -0.15) is 0 Å². The zero-order chi connectivity index (χ0) is 18.7. The van der Waals surface area contributed by atoms with Crippen LogP contribution in [0.1, 0.15) is 41.5 Å². The molecular weight excluding hydrogens is 326 g/mol. The predicted molar refractivity (Wildman–Crippen MR) is 103 cm³/mol. The van der Waals surface area contributed by atoms with Crippen molar-refractivity contribution in [1.29, 1.82) is 0 Å². The van der Waals surface area contributed by atoms with Gasteiger partial charge in [-0.25, -0.2) is 0 Å². The van der Waals surface area contributed by atoms with Crippen molar-refractivity contribution in [3.8, 4) is 0 Å².